The Morgan fingerprint density at radius 3 is 1.89 bits per heavy atom. The number of thiol groups is 1. The van der Waals surface area contributed by atoms with E-state index in [0.29, 0.717) is 5.56 Å². The highest BCUT2D eigenvalue weighted by atomic mass is 32.1. The van der Waals surface area contributed by atoms with Crippen molar-refractivity contribution in [3.05, 3.63) is 29.8 Å². The summed E-state index contributed by atoms with van der Waals surface area (Å²) in [4.78, 5) is 71.1. The number of hydrogen-bond donors (Lipinski definition) is 9. The number of hydrogen-bond acceptors (Lipinski definition) is 9. The monoisotopic (exact) mass is 527 g/mol. The first-order valence-corrected chi connectivity index (χ1v) is 11.3. The Hall–Kier alpha value is -3.85. The van der Waals surface area contributed by atoms with Gasteiger partial charge in [-0.25, -0.2) is 4.79 Å². The Balaban J connectivity index is 2.89. The second kappa shape index (κ2) is 14.5. The molecule has 14 nitrogen and oxygen atoms in total. The molecule has 0 radical (unpaired) electrons. The number of aliphatic carboxylic acids is 2. The van der Waals surface area contributed by atoms with Crippen LogP contribution in [0, 0.1) is 0 Å². The fraction of sp³-hybridized carbons (Fsp3) is 0.429. The summed E-state index contributed by atoms with van der Waals surface area (Å²) in [5.41, 5.74) is 11.5. The van der Waals surface area contributed by atoms with Crippen LogP contribution in [0.15, 0.2) is 24.3 Å². The Morgan fingerprint density at radius 2 is 1.39 bits per heavy atom. The lowest BCUT2D eigenvalue weighted by Gasteiger charge is -2.24. The van der Waals surface area contributed by atoms with Gasteiger partial charge in [0.15, 0.2) is 0 Å². The number of nitrogens with two attached hydrogens (primary N) is 2. The van der Waals surface area contributed by atoms with Gasteiger partial charge in [-0.3, -0.25) is 24.0 Å². The normalized spacial score (nSPS) is 13.9. The first-order chi connectivity index (χ1) is 16.8. The number of aromatic hydroxyl groups is 1. The Morgan fingerprint density at radius 1 is 0.861 bits per heavy atom. The maximum Gasteiger partial charge on any atom is 0.326 e. The number of phenolic OH excluding ortho intramolecular Hbond substituents is 1. The SMILES string of the molecule is NC(=O)CC(NC(=O)C(CS)NC(=O)C(CCC(=O)O)NC(=O)C(N)Cc1ccc(O)cc1)C(=O)O. The molecule has 0 aromatic heterocycles. The molecule has 0 bridgehead atoms. The van der Waals surface area contributed by atoms with Crippen LogP contribution in [0.2, 0.25) is 0 Å². The molecule has 0 aliphatic carbocycles. The van der Waals surface area contributed by atoms with Crippen LogP contribution in [0.5, 0.6) is 5.75 Å². The first-order valence-electron chi connectivity index (χ1n) is 10.6. The van der Waals surface area contributed by atoms with Gasteiger partial charge in [-0.15, -0.1) is 0 Å². The minimum absolute atomic E-state index is 0.0225. The van der Waals surface area contributed by atoms with Crippen molar-refractivity contribution in [1.29, 1.82) is 0 Å². The number of carboxylic acid groups (broad SMARTS) is 2. The van der Waals surface area contributed by atoms with Crippen LogP contribution < -0.4 is 27.4 Å². The number of nitrogens with one attached hydrogen (secondary N) is 3. The van der Waals surface area contributed by atoms with E-state index < -0.39 is 72.6 Å². The highest BCUT2D eigenvalue weighted by Crippen LogP contribution is 2.11. The van der Waals surface area contributed by atoms with E-state index in [1.807, 2.05) is 0 Å². The maximum atomic E-state index is 12.8. The van der Waals surface area contributed by atoms with Gasteiger partial charge in [-0.1, -0.05) is 12.1 Å². The van der Waals surface area contributed by atoms with E-state index in [0.717, 1.165) is 0 Å². The molecule has 0 aliphatic rings. The number of benzene rings is 1. The number of phenols is 1. The van der Waals surface area contributed by atoms with Crippen LogP contribution in [0.1, 0.15) is 24.8 Å². The summed E-state index contributed by atoms with van der Waals surface area (Å²) in [6.07, 6.45) is -1.47. The van der Waals surface area contributed by atoms with Crippen LogP contribution in [-0.4, -0.2) is 80.8 Å². The number of primary amides is 1. The third-order valence-electron chi connectivity index (χ3n) is 4.84. The fourth-order valence-electron chi connectivity index (χ4n) is 2.93. The zero-order valence-corrected chi connectivity index (χ0v) is 19.9. The highest BCUT2D eigenvalue weighted by Gasteiger charge is 2.30. The van der Waals surface area contributed by atoms with Gasteiger partial charge in [0.05, 0.1) is 12.5 Å². The van der Waals surface area contributed by atoms with E-state index in [1.165, 1.54) is 12.1 Å². The summed E-state index contributed by atoms with van der Waals surface area (Å²) in [6, 6.07) is 0.374. The van der Waals surface area contributed by atoms with Gasteiger partial charge in [0, 0.05) is 12.2 Å². The van der Waals surface area contributed by atoms with Crippen molar-refractivity contribution in [2.75, 3.05) is 5.75 Å². The third kappa shape index (κ3) is 10.6. The summed E-state index contributed by atoms with van der Waals surface area (Å²) in [5.74, 6) is -6.70. The maximum absolute atomic E-state index is 12.8. The van der Waals surface area contributed by atoms with Gasteiger partial charge in [0.2, 0.25) is 23.6 Å². The van der Waals surface area contributed by atoms with E-state index >= 15 is 0 Å². The second-order valence-corrected chi connectivity index (χ2v) is 8.15. The van der Waals surface area contributed by atoms with E-state index in [9.17, 15) is 33.9 Å². The van der Waals surface area contributed by atoms with Crippen molar-refractivity contribution >= 4 is 48.2 Å². The number of amides is 4. The summed E-state index contributed by atoms with van der Waals surface area (Å²) in [7, 11) is 0. The van der Waals surface area contributed by atoms with E-state index in [1.54, 1.807) is 12.1 Å². The van der Waals surface area contributed by atoms with Crippen molar-refractivity contribution in [2.45, 2.75) is 49.9 Å². The summed E-state index contributed by atoms with van der Waals surface area (Å²) in [6.45, 7) is 0. The van der Waals surface area contributed by atoms with E-state index in [2.05, 4.69) is 28.6 Å². The molecular formula is C21H29N5O9S. The molecule has 0 aliphatic heterocycles. The van der Waals surface area contributed by atoms with Crippen LogP contribution in [0.4, 0.5) is 0 Å². The van der Waals surface area contributed by atoms with Gasteiger partial charge in [-0.05, 0) is 30.5 Å². The molecule has 0 spiro atoms. The third-order valence-corrected chi connectivity index (χ3v) is 5.21. The molecule has 36 heavy (non-hydrogen) atoms. The van der Waals surface area contributed by atoms with Crippen LogP contribution >= 0.6 is 12.6 Å². The number of rotatable bonds is 15. The Bertz CT molecular complexity index is 973. The minimum Gasteiger partial charge on any atom is -0.508 e. The average Bonchev–Trinajstić information content (AvgIpc) is 2.80. The summed E-state index contributed by atoms with van der Waals surface area (Å²) >= 11 is 3.96. The quantitative estimate of drug-likeness (QED) is 0.108. The Labute approximate surface area is 211 Å². The smallest absolute Gasteiger partial charge is 0.326 e. The van der Waals surface area contributed by atoms with Crippen LogP contribution in [-0.2, 0) is 35.2 Å². The standard InChI is InChI=1S/C21H29N5O9S/c22-12(7-10-1-3-11(27)4-2-10)18(31)24-13(5-6-17(29)30)19(32)26-15(9-36)20(33)25-14(21(34)35)8-16(23)28/h1-4,12-15,27,36H,5-9,22H2,(H2,23,28)(H,24,31)(H,25,33)(H,26,32)(H,29,30)(H,34,35). The predicted molar refractivity (Wildman–Crippen MR) is 128 cm³/mol. The van der Waals surface area contributed by atoms with Gasteiger partial charge in [-0.2, -0.15) is 12.6 Å². The van der Waals surface area contributed by atoms with Crippen LogP contribution in [0.25, 0.3) is 0 Å². The molecule has 198 valence electrons. The zero-order chi connectivity index (χ0) is 27.4. The lowest BCUT2D eigenvalue weighted by Crippen LogP contribution is -2.58. The molecule has 0 heterocycles. The molecule has 4 amide bonds. The van der Waals surface area contributed by atoms with Gasteiger partial charge >= 0.3 is 11.9 Å². The molecule has 0 saturated carbocycles. The average molecular weight is 528 g/mol. The molecule has 10 N–H and O–H groups in total. The molecule has 1 rings (SSSR count). The largest absolute Gasteiger partial charge is 0.508 e. The topological polar surface area (TPSA) is 251 Å². The van der Waals surface area contributed by atoms with Crippen molar-refractivity contribution < 1.29 is 44.1 Å². The van der Waals surface area contributed by atoms with Gasteiger partial charge in [0.25, 0.3) is 0 Å². The molecule has 15 heteroatoms. The fourth-order valence-corrected chi connectivity index (χ4v) is 3.19. The molecule has 4 unspecified atom stereocenters. The van der Waals surface area contributed by atoms with Crippen molar-refractivity contribution in [3.8, 4) is 5.75 Å². The minimum atomic E-state index is -1.64. The summed E-state index contributed by atoms with van der Waals surface area (Å²) in [5, 5.41) is 34.2. The van der Waals surface area contributed by atoms with Crippen LogP contribution in [0.3, 0.4) is 0 Å². The molecule has 4 atom stereocenters. The van der Waals surface area contributed by atoms with Crippen molar-refractivity contribution in [1.82, 2.24) is 16.0 Å². The molecule has 1 aromatic carbocycles. The molecule has 0 fully saturated rings. The van der Waals surface area contributed by atoms with E-state index in [-0.39, 0.29) is 24.3 Å². The molecule has 1 aromatic rings. The number of carboxylic acids is 2. The van der Waals surface area contributed by atoms with Crippen molar-refractivity contribution in [3.63, 3.8) is 0 Å². The van der Waals surface area contributed by atoms with Gasteiger partial charge in [0.1, 0.15) is 23.9 Å². The highest BCUT2D eigenvalue weighted by molar-refractivity contribution is 7.80. The van der Waals surface area contributed by atoms with Crippen molar-refractivity contribution in [2.24, 2.45) is 11.5 Å². The first kappa shape index (κ1) is 30.2. The number of carbonyl (C=O) groups is 6. The predicted octanol–water partition coefficient (Wildman–Crippen LogP) is -2.53. The lowest BCUT2D eigenvalue weighted by atomic mass is 10.0. The Kier molecular flexibility index (Phi) is 12.2. The zero-order valence-electron chi connectivity index (χ0n) is 19.0. The second-order valence-electron chi connectivity index (χ2n) is 7.78. The summed E-state index contributed by atoms with van der Waals surface area (Å²) < 4.78 is 0. The molecule has 0 saturated heterocycles. The molecular weight excluding hydrogens is 498 g/mol. The lowest BCUT2D eigenvalue weighted by molar-refractivity contribution is -0.143. The number of carbonyl (C=O) groups excluding carboxylic acids is 4. The van der Waals surface area contributed by atoms with Gasteiger partial charge < -0.3 is 42.7 Å². The van der Waals surface area contributed by atoms with E-state index in [4.69, 9.17) is 21.7 Å².